The molecule has 170 valence electrons. The Labute approximate surface area is 190 Å². The molecular formula is C26H33N3O3. The number of aliphatic imine (C=N–C) groups is 1. The topological polar surface area (TPSA) is 83.0 Å². The first-order valence-corrected chi connectivity index (χ1v) is 11.6. The second-order valence-electron chi connectivity index (χ2n) is 9.37. The summed E-state index contributed by atoms with van der Waals surface area (Å²) in [7, 11) is 0. The molecule has 4 rings (SSSR count). The summed E-state index contributed by atoms with van der Waals surface area (Å²) < 4.78 is 0. The Morgan fingerprint density at radius 2 is 1.84 bits per heavy atom. The Balaban J connectivity index is 1.32. The molecule has 0 spiro atoms. The van der Waals surface area contributed by atoms with Crippen molar-refractivity contribution in [3.05, 3.63) is 70.8 Å². The van der Waals surface area contributed by atoms with E-state index in [0.29, 0.717) is 12.3 Å². The molecule has 3 unspecified atom stereocenters. The van der Waals surface area contributed by atoms with Gasteiger partial charge >= 0.3 is 5.97 Å². The number of benzene rings is 2. The van der Waals surface area contributed by atoms with Gasteiger partial charge in [-0.1, -0.05) is 68.8 Å². The minimum Gasteiger partial charge on any atom is -0.481 e. The molecule has 2 aliphatic rings. The fourth-order valence-electron chi connectivity index (χ4n) is 4.49. The predicted octanol–water partition coefficient (Wildman–Crippen LogP) is 4.60. The molecule has 0 amide bonds. The Bertz CT molecular complexity index is 938. The van der Waals surface area contributed by atoms with Gasteiger partial charge in [0.1, 0.15) is 0 Å². The van der Waals surface area contributed by atoms with E-state index in [1.54, 1.807) is 0 Å². The van der Waals surface area contributed by atoms with Crippen molar-refractivity contribution in [2.75, 3.05) is 0 Å². The van der Waals surface area contributed by atoms with E-state index in [4.69, 9.17) is 9.83 Å². The van der Waals surface area contributed by atoms with Crippen LogP contribution in [0, 0.1) is 11.8 Å². The van der Waals surface area contributed by atoms with Crippen molar-refractivity contribution >= 4 is 11.8 Å². The average Bonchev–Trinajstić information content (AvgIpc) is 3.29. The molecule has 1 fully saturated rings. The van der Waals surface area contributed by atoms with Crippen LogP contribution in [0.1, 0.15) is 68.0 Å². The first-order chi connectivity index (χ1) is 15.5. The number of amidine groups is 1. The molecule has 2 aromatic rings. The van der Waals surface area contributed by atoms with Gasteiger partial charge in [0, 0.05) is 23.7 Å². The normalized spacial score (nSPS) is 23.1. The zero-order valence-corrected chi connectivity index (χ0v) is 18.9. The summed E-state index contributed by atoms with van der Waals surface area (Å²) >= 11 is 0. The second-order valence-corrected chi connectivity index (χ2v) is 9.37. The molecule has 1 heterocycles. The highest BCUT2D eigenvalue weighted by Gasteiger charge is 2.26. The number of nitrogens with zero attached hydrogens (tertiary/aromatic N) is 1. The molecule has 0 aromatic heterocycles. The molecule has 2 aromatic carbocycles. The summed E-state index contributed by atoms with van der Waals surface area (Å²) in [6, 6.07) is 17.0. The van der Waals surface area contributed by atoms with E-state index in [0.717, 1.165) is 49.2 Å². The maximum Gasteiger partial charge on any atom is 0.306 e. The van der Waals surface area contributed by atoms with E-state index in [2.05, 4.69) is 61.0 Å². The Kier molecular flexibility index (Phi) is 7.22. The quantitative estimate of drug-likeness (QED) is 0.565. The number of carboxylic acid groups (broad SMARTS) is 1. The van der Waals surface area contributed by atoms with Gasteiger partial charge < -0.3 is 10.4 Å². The number of hydrogen-bond donors (Lipinski definition) is 3. The summed E-state index contributed by atoms with van der Waals surface area (Å²) in [6.07, 6.45) is 4.25. The van der Waals surface area contributed by atoms with Crippen molar-refractivity contribution in [2.24, 2.45) is 16.8 Å². The molecule has 32 heavy (non-hydrogen) atoms. The van der Waals surface area contributed by atoms with Crippen LogP contribution in [-0.4, -0.2) is 23.0 Å². The molecular weight excluding hydrogens is 402 g/mol. The summed E-state index contributed by atoms with van der Waals surface area (Å²) in [5.74, 6) is 0.488. The van der Waals surface area contributed by atoms with E-state index >= 15 is 0 Å². The molecule has 1 aliphatic carbocycles. The smallest absolute Gasteiger partial charge is 0.306 e. The Hall–Kier alpha value is -2.70. The predicted molar refractivity (Wildman–Crippen MR) is 125 cm³/mol. The third-order valence-electron chi connectivity index (χ3n) is 6.27. The monoisotopic (exact) mass is 435 g/mol. The van der Waals surface area contributed by atoms with Crippen LogP contribution in [-0.2, 0) is 22.6 Å². The molecule has 0 bridgehead atoms. The lowest BCUT2D eigenvalue weighted by Gasteiger charge is -2.27. The summed E-state index contributed by atoms with van der Waals surface area (Å²) in [6.45, 7) is 5.18. The van der Waals surface area contributed by atoms with Gasteiger partial charge in [-0.3, -0.25) is 4.79 Å². The van der Waals surface area contributed by atoms with Gasteiger partial charge in [-0.15, -0.1) is 0 Å². The van der Waals surface area contributed by atoms with E-state index in [1.807, 2.05) is 12.1 Å². The average molecular weight is 436 g/mol. The molecule has 0 radical (unpaired) electrons. The van der Waals surface area contributed by atoms with Gasteiger partial charge in [-0.25, -0.2) is 15.3 Å². The third kappa shape index (κ3) is 5.75. The zero-order chi connectivity index (χ0) is 22.5. The number of aliphatic carboxylic acids is 1. The number of hydroxylamine groups is 1. The van der Waals surface area contributed by atoms with Gasteiger partial charge in [-0.2, -0.15) is 0 Å². The summed E-state index contributed by atoms with van der Waals surface area (Å²) in [5, 5.41) is 12.8. The van der Waals surface area contributed by atoms with Gasteiger partial charge in [0.15, 0.2) is 5.84 Å². The highest BCUT2D eigenvalue weighted by Crippen LogP contribution is 2.26. The second kappa shape index (κ2) is 10.3. The van der Waals surface area contributed by atoms with Gasteiger partial charge in [-0.05, 0) is 42.7 Å². The lowest BCUT2D eigenvalue weighted by atomic mass is 9.86. The van der Waals surface area contributed by atoms with Crippen LogP contribution in [0.4, 0.5) is 0 Å². The van der Waals surface area contributed by atoms with Crippen LogP contribution in [0.5, 0.6) is 0 Å². The Morgan fingerprint density at radius 3 is 2.53 bits per heavy atom. The number of rotatable bonds is 8. The number of carbonyl (C=O) groups is 1. The standard InChI is InChI=1S/C26H33N3O3/c1-17(2)14-18-6-12-21(13-7-18)25-28-24(29-32-25)20-10-8-19(9-11-20)16-27-23-5-3-4-22(15-23)26(30)31/h6-13,17,22-23,25,27H,3-5,14-16H2,1-2H3,(H,28,29)(H,30,31). The minimum atomic E-state index is -0.669. The lowest BCUT2D eigenvalue weighted by molar-refractivity contribution is -0.143. The van der Waals surface area contributed by atoms with E-state index in [-0.39, 0.29) is 18.2 Å². The van der Waals surface area contributed by atoms with Crippen molar-refractivity contribution in [1.29, 1.82) is 0 Å². The van der Waals surface area contributed by atoms with Gasteiger partial charge in [0.25, 0.3) is 0 Å². The highest BCUT2D eigenvalue weighted by atomic mass is 16.7. The molecule has 3 atom stereocenters. The first-order valence-electron chi connectivity index (χ1n) is 11.6. The number of carboxylic acids is 1. The molecule has 1 aliphatic heterocycles. The van der Waals surface area contributed by atoms with Crippen LogP contribution in [0.3, 0.4) is 0 Å². The van der Waals surface area contributed by atoms with Crippen LogP contribution in [0.25, 0.3) is 0 Å². The van der Waals surface area contributed by atoms with Crippen LogP contribution >= 0.6 is 0 Å². The van der Waals surface area contributed by atoms with Gasteiger partial charge in [0.05, 0.1) is 5.92 Å². The van der Waals surface area contributed by atoms with Crippen molar-refractivity contribution in [1.82, 2.24) is 10.8 Å². The number of nitrogens with one attached hydrogen (secondary N) is 2. The van der Waals surface area contributed by atoms with Crippen LogP contribution in [0.2, 0.25) is 0 Å². The maximum absolute atomic E-state index is 11.2. The minimum absolute atomic E-state index is 0.213. The molecule has 0 saturated heterocycles. The van der Waals surface area contributed by atoms with E-state index in [9.17, 15) is 9.90 Å². The van der Waals surface area contributed by atoms with Crippen molar-refractivity contribution in [3.63, 3.8) is 0 Å². The maximum atomic E-state index is 11.2. The molecule has 3 N–H and O–H groups in total. The lowest BCUT2D eigenvalue weighted by Crippen LogP contribution is -2.36. The Morgan fingerprint density at radius 1 is 1.12 bits per heavy atom. The number of hydrogen-bond acceptors (Lipinski definition) is 5. The third-order valence-corrected chi connectivity index (χ3v) is 6.27. The molecule has 6 nitrogen and oxygen atoms in total. The van der Waals surface area contributed by atoms with Crippen molar-refractivity contribution in [3.8, 4) is 0 Å². The SMILES string of the molecule is CC(C)Cc1ccc(C2N=C(c3ccc(CNC4CCCC(C(=O)O)C4)cc3)NO2)cc1. The fourth-order valence-corrected chi connectivity index (χ4v) is 4.49. The molecule has 6 heteroatoms. The van der Waals surface area contributed by atoms with Crippen LogP contribution in [0.15, 0.2) is 53.5 Å². The van der Waals surface area contributed by atoms with E-state index in [1.165, 1.54) is 11.1 Å². The van der Waals surface area contributed by atoms with Gasteiger partial charge in [0.2, 0.25) is 6.23 Å². The summed E-state index contributed by atoms with van der Waals surface area (Å²) in [4.78, 5) is 21.7. The largest absolute Gasteiger partial charge is 0.481 e. The zero-order valence-electron chi connectivity index (χ0n) is 18.9. The summed E-state index contributed by atoms with van der Waals surface area (Å²) in [5.41, 5.74) is 7.48. The van der Waals surface area contributed by atoms with Crippen molar-refractivity contribution in [2.45, 2.75) is 64.8 Å². The van der Waals surface area contributed by atoms with E-state index < -0.39 is 5.97 Å². The fraction of sp³-hybridized carbons (Fsp3) is 0.462. The highest BCUT2D eigenvalue weighted by molar-refractivity contribution is 5.98. The van der Waals surface area contributed by atoms with Crippen molar-refractivity contribution < 1.29 is 14.7 Å². The molecule has 1 saturated carbocycles. The van der Waals surface area contributed by atoms with Crippen LogP contribution < -0.4 is 10.8 Å². The first kappa shape index (κ1) is 22.5.